The number of hydrogen-bond acceptors (Lipinski definition) is 4. The van der Waals surface area contributed by atoms with E-state index in [0.717, 1.165) is 6.07 Å². The van der Waals surface area contributed by atoms with Gasteiger partial charge in [0.1, 0.15) is 5.02 Å². The maximum Gasteiger partial charge on any atom is 0.288 e. The van der Waals surface area contributed by atoms with Crippen molar-refractivity contribution < 1.29 is 9.72 Å². The third kappa shape index (κ3) is 4.03. The van der Waals surface area contributed by atoms with Crippen LogP contribution in [0.5, 0.6) is 0 Å². The molecule has 0 aliphatic heterocycles. The van der Waals surface area contributed by atoms with Gasteiger partial charge in [-0.1, -0.05) is 35.3 Å². The number of nitro benzene ring substituents is 1. The molecule has 0 saturated carbocycles. The van der Waals surface area contributed by atoms with E-state index < -0.39 is 10.8 Å². The van der Waals surface area contributed by atoms with Crippen LogP contribution in [0.4, 0.5) is 5.69 Å². The average molecular weight is 338 g/mol. The van der Waals surface area contributed by atoms with E-state index in [4.69, 9.17) is 23.2 Å². The fraction of sp³-hybridized carbons (Fsp3) is 0. The molecule has 2 rings (SSSR count). The smallest absolute Gasteiger partial charge is 0.267 e. The second-order valence-electron chi connectivity index (χ2n) is 4.18. The molecule has 0 aliphatic rings. The molecule has 8 heteroatoms. The van der Waals surface area contributed by atoms with E-state index in [9.17, 15) is 14.9 Å². The van der Waals surface area contributed by atoms with Gasteiger partial charge in [0.25, 0.3) is 11.6 Å². The van der Waals surface area contributed by atoms with E-state index in [-0.39, 0.29) is 16.3 Å². The Morgan fingerprint density at radius 3 is 2.68 bits per heavy atom. The van der Waals surface area contributed by atoms with Gasteiger partial charge in [-0.2, -0.15) is 5.10 Å². The Kier molecular flexibility index (Phi) is 5.08. The van der Waals surface area contributed by atoms with Crippen LogP contribution in [0.25, 0.3) is 0 Å². The quantitative estimate of drug-likeness (QED) is 0.524. The number of benzene rings is 2. The first-order chi connectivity index (χ1) is 10.5. The first-order valence-corrected chi connectivity index (χ1v) is 6.76. The van der Waals surface area contributed by atoms with Gasteiger partial charge in [-0.3, -0.25) is 14.9 Å². The van der Waals surface area contributed by atoms with E-state index in [2.05, 4.69) is 10.5 Å². The molecule has 112 valence electrons. The van der Waals surface area contributed by atoms with Gasteiger partial charge < -0.3 is 0 Å². The van der Waals surface area contributed by atoms with Gasteiger partial charge in [0.05, 0.1) is 11.1 Å². The standard InChI is InChI=1S/C14H9Cl2N3O3/c15-11-3-1-2-9(6-11)8-17-18-14(20)10-4-5-12(16)13(7-10)19(21)22/h1-8H,(H,18,20)/b17-8-. The summed E-state index contributed by atoms with van der Waals surface area (Å²) in [5, 5.41) is 15.1. The summed E-state index contributed by atoms with van der Waals surface area (Å²) in [4.78, 5) is 22.0. The monoisotopic (exact) mass is 337 g/mol. The summed E-state index contributed by atoms with van der Waals surface area (Å²) in [6.07, 6.45) is 1.41. The lowest BCUT2D eigenvalue weighted by atomic mass is 10.2. The molecule has 0 bridgehead atoms. The van der Waals surface area contributed by atoms with Gasteiger partial charge in [0.2, 0.25) is 0 Å². The number of halogens is 2. The number of hydrogen-bond donors (Lipinski definition) is 1. The summed E-state index contributed by atoms with van der Waals surface area (Å²) in [5.41, 5.74) is 2.72. The molecule has 0 fully saturated rings. The summed E-state index contributed by atoms with van der Waals surface area (Å²) >= 11 is 11.5. The lowest BCUT2D eigenvalue weighted by Crippen LogP contribution is -2.17. The normalized spacial score (nSPS) is 10.6. The highest BCUT2D eigenvalue weighted by Crippen LogP contribution is 2.24. The predicted molar refractivity (Wildman–Crippen MR) is 84.6 cm³/mol. The van der Waals surface area contributed by atoms with Crippen molar-refractivity contribution in [3.63, 3.8) is 0 Å². The maximum atomic E-state index is 11.9. The van der Waals surface area contributed by atoms with Gasteiger partial charge in [-0.05, 0) is 29.8 Å². The summed E-state index contributed by atoms with van der Waals surface area (Å²) in [5.74, 6) is -0.585. The van der Waals surface area contributed by atoms with Crippen molar-refractivity contribution >= 4 is 41.0 Å². The molecule has 0 atom stereocenters. The van der Waals surface area contributed by atoms with Crippen LogP contribution in [0.15, 0.2) is 47.6 Å². The van der Waals surface area contributed by atoms with Crippen molar-refractivity contribution in [1.82, 2.24) is 5.43 Å². The third-order valence-electron chi connectivity index (χ3n) is 2.63. The summed E-state index contributed by atoms with van der Waals surface area (Å²) in [7, 11) is 0. The van der Waals surface area contributed by atoms with Gasteiger partial charge in [-0.15, -0.1) is 0 Å². The van der Waals surface area contributed by atoms with Crippen molar-refractivity contribution in [2.45, 2.75) is 0 Å². The number of carbonyl (C=O) groups is 1. The fourth-order valence-electron chi connectivity index (χ4n) is 1.61. The minimum absolute atomic E-state index is 0.0380. The minimum Gasteiger partial charge on any atom is -0.267 e. The van der Waals surface area contributed by atoms with Gasteiger partial charge >= 0.3 is 0 Å². The third-order valence-corrected chi connectivity index (χ3v) is 3.19. The molecule has 0 spiro atoms. The van der Waals surface area contributed by atoms with Crippen LogP contribution in [-0.2, 0) is 0 Å². The number of amides is 1. The summed E-state index contributed by atoms with van der Waals surface area (Å²) in [6.45, 7) is 0. The second-order valence-corrected chi connectivity index (χ2v) is 5.02. The Morgan fingerprint density at radius 2 is 2.00 bits per heavy atom. The minimum atomic E-state index is -0.658. The van der Waals surface area contributed by atoms with Crippen LogP contribution in [-0.4, -0.2) is 17.0 Å². The number of nitrogens with one attached hydrogen (secondary N) is 1. The molecule has 0 aliphatic carbocycles. The molecule has 0 unspecified atom stereocenters. The summed E-state index contributed by atoms with van der Waals surface area (Å²) < 4.78 is 0. The van der Waals surface area contributed by atoms with E-state index in [1.165, 1.54) is 18.3 Å². The molecule has 22 heavy (non-hydrogen) atoms. The highest BCUT2D eigenvalue weighted by Gasteiger charge is 2.15. The van der Waals surface area contributed by atoms with E-state index in [1.54, 1.807) is 24.3 Å². The largest absolute Gasteiger partial charge is 0.288 e. The number of nitrogens with zero attached hydrogens (tertiary/aromatic N) is 2. The number of carbonyl (C=O) groups excluding carboxylic acids is 1. The van der Waals surface area contributed by atoms with Crippen LogP contribution in [0.1, 0.15) is 15.9 Å². The van der Waals surface area contributed by atoms with Crippen molar-refractivity contribution in [3.05, 3.63) is 73.8 Å². The second kappa shape index (κ2) is 7.02. The van der Waals surface area contributed by atoms with Gasteiger partial charge in [-0.25, -0.2) is 5.43 Å². The van der Waals surface area contributed by atoms with Crippen LogP contribution in [0.2, 0.25) is 10.0 Å². The molecular weight excluding hydrogens is 329 g/mol. The highest BCUT2D eigenvalue weighted by atomic mass is 35.5. The first-order valence-electron chi connectivity index (χ1n) is 6.00. The van der Waals surface area contributed by atoms with E-state index >= 15 is 0 Å². The lowest BCUT2D eigenvalue weighted by Gasteiger charge is -2.01. The van der Waals surface area contributed by atoms with Gasteiger partial charge in [0.15, 0.2) is 0 Å². The molecule has 1 N–H and O–H groups in total. The van der Waals surface area contributed by atoms with Crippen molar-refractivity contribution in [2.24, 2.45) is 5.10 Å². The molecule has 1 amide bonds. The Hall–Kier alpha value is -2.44. The predicted octanol–water partition coefficient (Wildman–Crippen LogP) is 3.67. The fourth-order valence-corrected chi connectivity index (χ4v) is 2.00. The molecule has 0 aromatic heterocycles. The number of hydrazone groups is 1. The van der Waals surface area contributed by atoms with Crippen LogP contribution in [0.3, 0.4) is 0 Å². The molecule has 2 aromatic carbocycles. The Balaban J connectivity index is 2.09. The zero-order valence-electron chi connectivity index (χ0n) is 11.0. The molecule has 0 saturated heterocycles. The van der Waals surface area contributed by atoms with Crippen molar-refractivity contribution in [1.29, 1.82) is 0 Å². The molecule has 0 radical (unpaired) electrons. The first kappa shape index (κ1) is 15.9. The van der Waals surface area contributed by atoms with Crippen molar-refractivity contribution in [3.8, 4) is 0 Å². The number of nitro groups is 1. The van der Waals surface area contributed by atoms with E-state index in [1.807, 2.05) is 0 Å². The van der Waals surface area contributed by atoms with Crippen LogP contribution in [0, 0.1) is 10.1 Å². The zero-order valence-corrected chi connectivity index (χ0v) is 12.5. The summed E-state index contributed by atoms with van der Waals surface area (Å²) in [6, 6.07) is 10.6. The Bertz CT molecular complexity index is 763. The molecule has 0 heterocycles. The Labute approximate surface area is 135 Å². The van der Waals surface area contributed by atoms with Crippen LogP contribution < -0.4 is 5.43 Å². The van der Waals surface area contributed by atoms with E-state index in [0.29, 0.717) is 10.6 Å². The van der Waals surface area contributed by atoms with Crippen LogP contribution >= 0.6 is 23.2 Å². The topological polar surface area (TPSA) is 84.6 Å². The van der Waals surface area contributed by atoms with Crippen molar-refractivity contribution in [2.75, 3.05) is 0 Å². The lowest BCUT2D eigenvalue weighted by molar-refractivity contribution is -0.384. The zero-order chi connectivity index (χ0) is 16.1. The molecule has 2 aromatic rings. The molecule has 6 nitrogen and oxygen atoms in total. The Morgan fingerprint density at radius 1 is 1.23 bits per heavy atom. The maximum absolute atomic E-state index is 11.9. The SMILES string of the molecule is O=C(N/N=C\c1cccc(Cl)c1)c1ccc(Cl)c([N+](=O)[O-])c1. The van der Waals surface area contributed by atoms with Gasteiger partial charge in [0, 0.05) is 16.7 Å². The molecular formula is C14H9Cl2N3O3. The average Bonchev–Trinajstić information content (AvgIpc) is 2.47. The highest BCUT2D eigenvalue weighted by molar-refractivity contribution is 6.32. The number of rotatable bonds is 4.